The molecule has 2 rings (SSSR count). The number of fused-ring (bicyclic) bond motifs is 1. The maximum absolute atomic E-state index is 12.8. The number of morpholine rings is 1. The van der Waals surface area contributed by atoms with E-state index in [1.807, 2.05) is 4.90 Å². The second-order valence-electron chi connectivity index (χ2n) is 5.23. The van der Waals surface area contributed by atoms with Crippen molar-refractivity contribution in [2.24, 2.45) is 11.7 Å². The summed E-state index contributed by atoms with van der Waals surface area (Å²) in [6.45, 7) is 0.812. The van der Waals surface area contributed by atoms with E-state index in [0.717, 1.165) is 25.7 Å². The molecule has 6 heteroatoms. The third-order valence-electron chi connectivity index (χ3n) is 4.05. The highest BCUT2D eigenvalue weighted by Crippen LogP contribution is 2.32. The molecule has 1 saturated heterocycles. The monoisotopic (exact) mass is 266 g/mol. The lowest BCUT2D eigenvalue weighted by Crippen LogP contribution is -2.55. The van der Waals surface area contributed by atoms with Crippen molar-refractivity contribution in [3.63, 3.8) is 0 Å². The lowest BCUT2D eigenvalue weighted by Gasteiger charge is -2.45. The van der Waals surface area contributed by atoms with E-state index in [1.165, 1.54) is 0 Å². The van der Waals surface area contributed by atoms with Crippen LogP contribution >= 0.6 is 0 Å². The highest BCUT2D eigenvalue weighted by molar-refractivity contribution is 4.89. The van der Waals surface area contributed by atoms with Crippen LogP contribution in [0, 0.1) is 5.92 Å². The van der Waals surface area contributed by atoms with Gasteiger partial charge in [-0.25, -0.2) is 0 Å². The third kappa shape index (κ3) is 3.16. The topological polar surface area (TPSA) is 38.5 Å². The molecular weight excluding hydrogens is 245 g/mol. The molecule has 0 aromatic carbocycles. The Kier molecular flexibility index (Phi) is 4.50. The van der Waals surface area contributed by atoms with Crippen molar-refractivity contribution in [2.75, 3.05) is 26.2 Å². The Morgan fingerprint density at radius 3 is 2.67 bits per heavy atom. The van der Waals surface area contributed by atoms with Crippen LogP contribution in [0.5, 0.6) is 0 Å². The fraction of sp³-hybridized carbons (Fsp3) is 1.00. The smallest absolute Gasteiger partial charge is 0.375 e. The van der Waals surface area contributed by atoms with E-state index in [0.29, 0.717) is 13.2 Å². The van der Waals surface area contributed by atoms with E-state index >= 15 is 0 Å². The molecule has 1 heterocycles. The van der Waals surface area contributed by atoms with Crippen molar-refractivity contribution in [2.45, 2.75) is 44.0 Å². The van der Waals surface area contributed by atoms with Crippen molar-refractivity contribution in [1.29, 1.82) is 0 Å². The molecule has 0 aromatic rings. The van der Waals surface area contributed by atoms with Gasteiger partial charge in [0, 0.05) is 25.7 Å². The summed E-state index contributed by atoms with van der Waals surface area (Å²) >= 11 is 0. The largest absolute Gasteiger partial charge is 0.394 e. The molecule has 1 aliphatic heterocycles. The van der Waals surface area contributed by atoms with Crippen LogP contribution in [0.15, 0.2) is 0 Å². The number of halogens is 3. The highest BCUT2D eigenvalue weighted by atomic mass is 19.4. The van der Waals surface area contributed by atoms with Crippen LogP contribution < -0.4 is 5.73 Å². The maximum atomic E-state index is 12.8. The Hall–Kier alpha value is -0.330. The first kappa shape index (κ1) is 14.1. The van der Waals surface area contributed by atoms with Crippen LogP contribution in [0.25, 0.3) is 0 Å². The first-order valence-electron chi connectivity index (χ1n) is 6.65. The van der Waals surface area contributed by atoms with Crippen LogP contribution in [-0.2, 0) is 4.74 Å². The molecule has 1 saturated carbocycles. The quantitative estimate of drug-likeness (QED) is 0.846. The zero-order valence-electron chi connectivity index (χ0n) is 10.5. The van der Waals surface area contributed by atoms with Crippen molar-refractivity contribution in [3.8, 4) is 0 Å². The average Bonchev–Trinajstić information content (AvgIpc) is 2.34. The molecule has 3 atom stereocenters. The first-order valence-corrected chi connectivity index (χ1v) is 6.65. The van der Waals surface area contributed by atoms with E-state index in [2.05, 4.69) is 0 Å². The fourth-order valence-electron chi connectivity index (χ4n) is 3.00. The summed E-state index contributed by atoms with van der Waals surface area (Å²) in [6, 6.07) is 0.156. The molecule has 106 valence electrons. The van der Waals surface area contributed by atoms with Gasteiger partial charge in [-0.1, -0.05) is 12.8 Å². The minimum atomic E-state index is -4.20. The van der Waals surface area contributed by atoms with Gasteiger partial charge in [0.25, 0.3) is 0 Å². The number of alkyl halides is 3. The van der Waals surface area contributed by atoms with E-state index in [4.69, 9.17) is 10.5 Å². The molecule has 0 bridgehead atoms. The Labute approximate surface area is 105 Å². The summed E-state index contributed by atoms with van der Waals surface area (Å²) in [7, 11) is 0. The summed E-state index contributed by atoms with van der Waals surface area (Å²) < 4.78 is 43.9. The van der Waals surface area contributed by atoms with Crippen molar-refractivity contribution >= 4 is 0 Å². The number of nitrogens with zero attached hydrogens (tertiary/aromatic N) is 1. The van der Waals surface area contributed by atoms with Crippen LogP contribution in [0.4, 0.5) is 13.2 Å². The first-order chi connectivity index (χ1) is 8.52. The summed E-state index contributed by atoms with van der Waals surface area (Å²) in [5.41, 5.74) is 5.27. The fourth-order valence-corrected chi connectivity index (χ4v) is 3.00. The van der Waals surface area contributed by atoms with Crippen molar-refractivity contribution in [3.05, 3.63) is 0 Å². The van der Waals surface area contributed by atoms with Gasteiger partial charge in [-0.3, -0.25) is 4.90 Å². The van der Waals surface area contributed by atoms with Crippen molar-refractivity contribution < 1.29 is 17.9 Å². The minimum absolute atomic E-state index is 0.0184. The predicted molar refractivity (Wildman–Crippen MR) is 62.2 cm³/mol. The normalized spacial score (nSPS) is 32.0. The minimum Gasteiger partial charge on any atom is -0.375 e. The highest BCUT2D eigenvalue weighted by Gasteiger charge is 2.42. The predicted octanol–water partition coefficient (Wildman–Crippen LogP) is 1.77. The zero-order valence-corrected chi connectivity index (χ0v) is 10.5. The summed E-state index contributed by atoms with van der Waals surface area (Å²) in [4.78, 5) is 1.94. The van der Waals surface area contributed by atoms with Crippen molar-refractivity contribution in [1.82, 2.24) is 4.90 Å². The molecule has 3 nitrogen and oxygen atoms in total. The maximum Gasteiger partial charge on any atom is 0.394 e. The van der Waals surface area contributed by atoms with Crippen LogP contribution in [-0.4, -0.2) is 49.5 Å². The van der Waals surface area contributed by atoms with E-state index in [9.17, 15) is 13.2 Å². The Morgan fingerprint density at radius 1 is 1.28 bits per heavy atom. The van der Waals surface area contributed by atoms with E-state index < -0.39 is 12.1 Å². The van der Waals surface area contributed by atoms with E-state index in [-0.39, 0.29) is 25.2 Å². The SMILES string of the molecule is NCC(CN1CCOC2CCCCC21)C(F)(F)F. The van der Waals surface area contributed by atoms with Crippen LogP contribution in [0.3, 0.4) is 0 Å². The molecule has 1 aliphatic carbocycles. The second-order valence-corrected chi connectivity index (χ2v) is 5.23. The van der Waals surface area contributed by atoms with Gasteiger partial charge >= 0.3 is 6.18 Å². The van der Waals surface area contributed by atoms with Gasteiger partial charge in [0.05, 0.1) is 18.6 Å². The lowest BCUT2D eigenvalue weighted by atomic mass is 9.89. The van der Waals surface area contributed by atoms with Gasteiger partial charge < -0.3 is 10.5 Å². The van der Waals surface area contributed by atoms with Crippen LogP contribution in [0.2, 0.25) is 0 Å². The molecular formula is C12H21F3N2O. The van der Waals surface area contributed by atoms with Gasteiger partial charge in [0.1, 0.15) is 0 Å². The number of hydrogen-bond donors (Lipinski definition) is 1. The average molecular weight is 266 g/mol. The van der Waals surface area contributed by atoms with Gasteiger partial charge in [0.2, 0.25) is 0 Å². The van der Waals surface area contributed by atoms with E-state index in [1.54, 1.807) is 0 Å². The molecule has 0 aromatic heterocycles. The lowest BCUT2D eigenvalue weighted by molar-refractivity contribution is -0.185. The molecule has 2 N–H and O–H groups in total. The second kappa shape index (κ2) is 5.75. The van der Waals surface area contributed by atoms with Crippen LogP contribution in [0.1, 0.15) is 25.7 Å². The molecule has 0 spiro atoms. The molecule has 3 unspecified atom stereocenters. The Morgan fingerprint density at radius 2 is 2.00 bits per heavy atom. The molecule has 18 heavy (non-hydrogen) atoms. The molecule has 0 radical (unpaired) electrons. The Bertz CT molecular complexity index is 271. The summed E-state index contributed by atoms with van der Waals surface area (Å²) in [6.07, 6.45) is 0.0473. The molecule has 2 fully saturated rings. The zero-order chi connectivity index (χ0) is 13.2. The standard InChI is InChI=1S/C12H21F3N2O/c13-12(14,15)9(7-16)8-17-5-6-18-11-4-2-1-3-10(11)17/h9-11H,1-8,16H2. The number of hydrogen-bond acceptors (Lipinski definition) is 3. The van der Waals surface area contributed by atoms with Gasteiger partial charge in [-0.15, -0.1) is 0 Å². The Balaban J connectivity index is 1.98. The molecule has 0 amide bonds. The summed E-state index contributed by atoms with van der Waals surface area (Å²) in [5, 5.41) is 0. The number of ether oxygens (including phenoxy) is 1. The third-order valence-corrected chi connectivity index (χ3v) is 4.05. The number of nitrogens with two attached hydrogens (primary N) is 1. The van der Waals surface area contributed by atoms with Gasteiger partial charge in [-0.05, 0) is 12.8 Å². The van der Waals surface area contributed by atoms with Gasteiger partial charge in [0.15, 0.2) is 0 Å². The molecule has 2 aliphatic rings. The van der Waals surface area contributed by atoms with Gasteiger partial charge in [-0.2, -0.15) is 13.2 Å². The summed E-state index contributed by atoms with van der Waals surface area (Å²) in [5.74, 6) is -1.42. The number of rotatable bonds is 3.